The van der Waals surface area contributed by atoms with E-state index >= 15 is 0 Å². The van der Waals surface area contributed by atoms with Crippen molar-refractivity contribution in [3.8, 4) is 5.69 Å². The SMILES string of the molecule is CCC(NC(=O)c1cn(-c2ccc(F)cc2F)c2nc(N3CC(O)CC3=O)ccc2c1=O)C(F)(F)C(F)(F)F. The Balaban J connectivity index is 1.90. The Kier molecular flexibility index (Phi) is 7.14. The minimum Gasteiger partial charge on any atom is -0.391 e. The Morgan fingerprint density at radius 1 is 1.15 bits per heavy atom. The van der Waals surface area contributed by atoms with Gasteiger partial charge in [-0.2, -0.15) is 22.0 Å². The van der Waals surface area contributed by atoms with Crippen LogP contribution in [0, 0.1) is 11.6 Å². The van der Waals surface area contributed by atoms with Crippen LogP contribution in [0.25, 0.3) is 16.7 Å². The molecule has 2 aromatic heterocycles. The number of aromatic nitrogens is 2. The molecule has 2 N–H and O–H groups in total. The summed E-state index contributed by atoms with van der Waals surface area (Å²) in [5.74, 6) is -9.68. The first-order valence-electron chi connectivity index (χ1n) is 11.4. The molecule has 0 aliphatic carbocycles. The lowest BCUT2D eigenvalue weighted by Crippen LogP contribution is -2.55. The number of carbonyl (C=O) groups is 2. The van der Waals surface area contributed by atoms with Crippen LogP contribution in [0.5, 0.6) is 0 Å². The number of nitrogens with one attached hydrogen (secondary N) is 1. The maximum absolute atomic E-state index is 14.8. The summed E-state index contributed by atoms with van der Waals surface area (Å²) in [6, 6.07) is 1.77. The lowest BCUT2D eigenvalue weighted by molar-refractivity contribution is -0.292. The van der Waals surface area contributed by atoms with Crippen LogP contribution in [0.4, 0.5) is 36.6 Å². The zero-order chi connectivity index (χ0) is 28.9. The molecule has 2 unspecified atom stereocenters. The number of rotatable bonds is 6. The molecule has 1 fully saturated rings. The largest absolute Gasteiger partial charge is 0.455 e. The molecule has 1 saturated heterocycles. The molecule has 1 aliphatic rings. The van der Waals surface area contributed by atoms with Crippen LogP contribution in [0.15, 0.2) is 41.3 Å². The van der Waals surface area contributed by atoms with E-state index in [4.69, 9.17) is 0 Å². The quantitative estimate of drug-likeness (QED) is 0.450. The number of β-amino-alcohol motifs (C(OH)–C–C–N with tert-alkyl or cyclic N) is 1. The number of aliphatic hydroxyl groups is 1. The van der Waals surface area contributed by atoms with E-state index in [0.717, 1.165) is 34.6 Å². The van der Waals surface area contributed by atoms with Gasteiger partial charge in [-0.15, -0.1) is 0 Å². The molecule has 208 valence electrons. The van der Waals surface area contributed by atoms with E-state index in [1.807, 2.05) is 0 Å². The molecule has 0 spiro atoms. The van der Waals surface area contributed by atoms with Crippen LogP contribution in [-0.4, -0.2) is 57.3 Å². The van der Waals surface area contributed by atoms with E-state index in [9.17, 15) is 50.2 Å². The summed E-state index contributed by atoms with van der Waals surface area (Å²) < 4.78 is 95.7. The van der Waals surface area contributed by atoms with Crippen LogP contribution in [0.2, 0.25) is 0 Å². The van der Waals surface area contributed by atoms with Crippen LogP contribution in [-0.2, 0) is 4.79 Å². The normalized spacial score (nSPS) is 17.1. The Bertz CT molecular complexity index is 1520. The van der Waals surface area contributed by atoms with Crippen molar-refractivity contribution >= 4 is 28.7 Å². The second kappa shape index (κ2) is 9.94. The van der Waals surface area contributed by atoms with Crippen molar-refractivity contribution < 1.29 is 45.4 Å². The molecule has 0 radical (unpaired) electrons. The van der Waals surface area contributed by atoms with Crippen LogP contribution in [0.3, 0.4) is 0 Å². The lowest BCUT2D eigenvalue weighted by Gasteiger charge is -2.28. The number of pyridine rings is 2. The first-order valence-corrected chi connectivity index (χ1v) is 11.4. The number of fused-ring (bicyclic) bond motifs is 1. The minimum absolute atomic E-state index is 0.0622. The highest BCUT2D eigenvalue weighted by Gasteiger charge is 2.62. The molecule has 15 heteroatoms. The van der Waals surface area contributed by atoms with Crippen molar-refractivity contribution in [1.29, 1.82) is 0 Å². The van der Waals surface area contributed by atoms with Crippen molar-refractivity contribution in [1.82, 2.24) is 14.9 Å². The summed E-state index contributed by atoms with van der Waals surface area (Å²) in [6.45, 7) is 0.831. The van der Waals surface area contributed by atoms with Crippen molar-refractivity contribution in [2.75, 3.05) is 11.4 Å². The number of benzene rings is 1. The summed E-state index contributed by atoms with van der Waals surface area (Å²) >= 11 is 0. The molecule has 1 aromatic carbocycles. The van der Waals surface area contributed by atoms with Gasteiger partial charge in [0, 0.05) is 12.3 Å². The average Bonchev–Trinajstić information content (AvgIpc) is 3.19. The van der Waals surface area contributed by atoms with Gasteiger partial charge < -0.3 is 10.4 Å². The highest BCUT2D eigenvalue weighted by atomic mass is 19.4. The minimum atomic E-state index is -6.00. The lowest BCUT2D eigenvalue weighted by atomic mass is 10.1. The number of alkyl halides is 5. The number of hydrogen-bond donors (Lipinski definition) is 2. The molecular formula is C24H19F7N4O4. The summed E-state index contributed by atoms with van der Waals surface area (Å²) in [4.78, 5) is 43.5. The summed E-state index contributed by atoms with van der Waals surface area (Å²) in [5.41, 5.74) is -2.87. The zero-order valence-electron chi connectivity index (χ0n) is 19.9. The van der Waals surface area contributed by atoms with Gasteiger partial charge in [0.2, 0.25) is 11.3 Å². The fraction of sp³-hybridized carbons (Fsp3) is 0.333. The monoisotopic (exact) mass is 560 g/mol. The van der Waals surface area contributed by atoms with Gasteiger partial charge >= 0.3 is 12.1 Å². The second-order valence-electron chi connectivity index (χ2n) is 8.80. The van der Waals surface area contributed by atoms with E-state index in [-0.39, 0.29) is 24.4 Å². The standard InChI is InChI=1S/C24H19F7N4O4/c1-2-17(23(27,28)24(29,30)31)32-22(39)14-10-34(16-5-3-11(25)7-15(16)26)21-13(20(14)38)4-6-18(33-21)35-9-12(36)8-19(35)37/h3-7,10,12,17,36H,2,8-9H2,1H3,(H,32,39). The summed E-state index contributed by atoms with van der Waals surface area (Å²) in [7, 11) is 0. The molecule has 0 bridgehead atoms. The highest BCUT2D eigenvalue weighted by molar-refractivity contribution is 5.99. The molecule has 1 aliphatic heterocycles. The molecule has 8 nitrogen and oxygen atoms in total. The van der Waals surface area contributed by atoms with E-state index in [2.05, 4.69) is 4.98 Å². The Labute approximate surface area is 214 Å². The smallest absolute Gasteiger partial charge is 0.391 e. The fourth-order valence-corrected chi connectivity index (χ4v) is 4.16. The maximum atomic E-state index is 14.8. The molecule has 39 heavy (non-hydrogen) atoms. The van der Waals surface area contributed by atoms with Crippen molar-refractivity contribution in [3.05, 3.63) is 63.9 Å². The number of anilines is 1. The molecule has 3 heterocycles. The number of amides is 2. The Hall–Kier alpha value is -4.01. The number of aliphatic hydroxyl groups excluding tert-OH is 1. The third-order valence-corrected chi connectivity index (χ3v) is 6.16. The molecule has 2 amide bonds. The van der Waals surface area contributed by atoms with E-state index in [1.165, 1.54) is 11.4 Å². The molecule has 4 rings (SSSR count). The van der Waals surface area contributed by atoms with E-state index in [1.54, 1.807) is 0 Å². The van der Waals surface area contributed by atoms with Gasteiger partial charge in [0.05, 0.1) is 30.1 Å². The summed E-state index contributed by atoms with van der Waals surface area (Å²) in [6.07, 6.45) is -7.39. The number of halogens is 7. The highest BCUT2D eigenvalue weighted by Crippen LogP contribution is 2.39. The van der Waals surface area contributed by atoms with Crippen LogP contribution < -0.4 is 15.6 Å². The van der Waals surface area contributed by atoms with Crippen molar-refractivity contribution in [3.63, 3.8) is 0 Å². The van der Waals surface area contributed by atoms with Crippen molar-refractivity contribution in [2.24, 2.45) is 0 Å². The van der Waals surface area contributed by atoms with Gasteiger partial charge in [0.25, 0.3) is 5.91 Å². The van der Waals surface area contributed by atoms with E-state index in [0.29, 0.717) is 12.3 Å². The van der Waals surface area contributed by atoms with Crippen LogP contribution in [0.1, 0.15) is 30.1 Å². The Morgan fingerprint density at radius 3 is 2.41 bits per heavy atom. The molecular weight excluding hydrogens is 541 g/mol. The zero-order valence-corrected chi connectivity index (χ0v) is 19.9. The first kappa shape index (κ1) is 28.0. The first-order chi connectivity index (χ1) is 18.2. The summed E-state index contributed by atoms with van der Waals surface area (Å²) in [5, 5.41) is 10.9. The number of carbonyl (C=O) groups excluding carboxylic acids is 2. The maximum Gasteiger partial charge on any atom is 0.455 e. The molecule has 0 saturated carbocycles. The third kappa shape index (κ3) is 5.05. The van der Waals surface area contributed by atoms with Gasteiger partial charge in [-0.25, -0.2) is 13.8 Å². The predicted molar refractivity (Wildman–Crippen MR) is 123 cm³/mol. The average molecular weight is 560 g/mol. The van der Waals surface area contributed by atoms with E-state index < -0.39 is 76.2 Å². The second-order valence-corrected chi connectivity index (χ2v) is 8.80. The Morgan fingerprint density at radius 2 is 1.85 bits per heavy atom. The predicted octanol–water partition coefficient (Wildman–Crippen LogP) is 3.47. The third-order valence-electron chi connectivity index (χ3n) is 6.16. The number of nitrogens with zero attached hydrogens (tertiary/aromatic N) is 3. The van der Waals surface area contributed by atoms with Gasteiger partial charge in [-0.1, -0.05) is 6.92 Å². The van der Waals surface area contributed by atoms with Gasteiger partial charge in [0.15, 0.2) is 5.65 Å². The van der Waals surface area contributed by atoms with Crippen LogP contribution >= 0.6 is 0 Å². The van der Waals surface area contributed by atoms with Crippen molar-refractivity contribution in [2.45, 2.75) is 44.0 Å². The topological polar surface area (TPSA) is 105 Å². The van der Waals surface area contributed by atoms with Gasteiger partial charge in [0.1, 0.15) is 29.1 Å². The molecule has 2 atom stereocenters. The van der Waals surface area contributed by atoms with Gasteiger partial charge in [-0.05, 0) is 30.7 Å². The number of hydrogen-bond acceptors (Lipinski definition) is 5. The fourth-order valence-electron chi connectivity index (χ4n) is 4.16. The molecule has 3 aromatic rings. The van der Waals surface area contributed by atoms with Gasteiger partial charge in [-0.3, -0.25) is 23.9 Å².